The van der Waals surface area contributed by atoms with Crippen molar-refractivity contribution < 1.29 is 9.84 Å². The summed E-state index contributed by atoms with van der Waals surface area (Å²) in [5.74, 6) is 0. The number of aliphatic hydroxyl groups is 1. The standard InChI is InChI=1S/C19H26N2O2/c1-15(2)23-14-17(22)13-21-12-11-20-10-6-9-18(20)19(21)16-7-4-3-5-8-16/h3-10,15,17,19,22H,11-14H2,1-2H3. The molecule has 124 valence electrons. The maximum Gasteiger partial charge on any atom is 0.0900 e. The van der Waals surface area contributed by atoms with Crippen LogP contribution in [0.1, 0.15) is 31.1 Å². The van der Waals surface area contributed by atoms with Crippen molar-refractivity contribution in [2.45, 2.75) is 38.6 Å². The smallest absolute Gasteiger partial charge is 0.0900 e. The van der Waals surface area contributed by atoms with Gasteiger partial charge in [-0.1, -0.05) is 30.3 Å². The first-order valence-electron chi connectivity index (χ1n) is 8.39. The highest BCUT2D eigenvalue weighted by molar-refractivity contribution is 5.30. The number of ether oxygens (including phenoxy) is 1. The quantitative estimate of drug-likeness (QED) is 0.891. The molecule has 0 bridgehead atoms. The number of aromatic nitrogens is 1. The first-order valence-corrected chi connectivity index (χ1v) is 8.39. The van der Waals surface area contributed by atoms with E-state index in [9.17, 15) is 5.11 Å². The second-order valence-electron chi connectivity index (χ2n) is 6.47. The molecule has 0 radical (unpaired) electrons. The van der Waals surface area contributed by atoms with Crippen LogP contribution in [-0.4, -0.2) is 46.5 Å². The number of fused-ring (bicyclic) bond motifs is 1. The summed E-state index contributed by atoms with van der Waals surface area (Å²) in [5, 5.41) is 10.3. The van der Waals surface area contributed by atoms with Crippen LogP contribution in [0.2, 0.25) is 0 Å². The molecule has 2 heterocycles. The van der Waals surface area contributed by atoms with Crippen molar-refractivity contribution in [3.63, 3.8) is 0 Å². The summed E-state index contributed by atoms with van der Waals surface area (Å²) in [5.41, 5.74) is 2.56. The lowest BCUT2D eigenvalue weighted by molar-refractivity contribution is -0.0150. The molecule has 4 nitrogen and oxygen atoms in total. The maximum absolute atomic E-state index is 10.3. The third-order valence-corrected chi connectivity index (χ3v) is 4.32. The molecule has 0 saturated heterocycles. The molecule has 4 heteroatoms. The van der Waals surface area contributed by atoms with Gasteiger partial charge >= 0.3 is 0 Å². The molecule has 2 unspecified atom stereocenters. The summed E-state index contributed by atoms with van der Waals surface area (Å²) in [6, 6.07) is 15.0. The SMILES string of the molecule is CC(C)OCC(O)CN1CCn2cccc2C1c1ccccc1. The topological polar surface area (TPSA) is 37.6 Å². The molecule has 0 saturated carbocycles. The van der Waals surface area contributed by atoms with Gasteiger partial charge in [0.1, 0.15) is 0 Å². The van der Waals surface area contributed by atoms with Gasteiger partial charge < -0.3 is 14.4 Å². The normalized spacial score (nSPS) is 19.7. The van der Waals surface area contributed by atoms with Crippen LogP contribution in [0.5, 0.6) is 0 Å². The lowest BCUT2D eigenvalue weighted by Gasteiger charge is -2.38. The molecular formula is C19H26N2O2. The van der Waals surface area contributed by atoms with Gasteiger partial charge in [0.2, 0.25) is 0 Å². The van der Waals surface area contributed by atoms with Crippen LogP contribution in [0, 0.1) is 0 Å². The van der Waals surface area contributed by atoms with E-state index in [4.69, 9.17) is 4.74 Å². The molecule has 0 aliphatic carbocycles. The number of benzene rings is 1. The van der Waals surface area contributed by atoms with E-state index in [2.05, 4.69) is 52.1 Å². The van der Waals surface area contributed by atoms with Gasteiger partial charge in [0.25, 0.3) is 0 Å². The van der Waals surface area contributed by atoms with Crippen molar-refractivity contribution in [3.8, 4) is 0 Å². The molecule has 1 aromatic carbocycles. The van der Waals surface area contributed by atoms with Crippen molar-refractivity contribution >= 4 is 0 Å². The van der Waals surface area contributed by atoms with Crippen LogP contribution in [0.4, 0.5) is 0 Å². The lowest BCUT2D eigenvalue weighted by Crippen LogP contribution is -2.43. The molecule has 0 amide bonds. The molecule has 0 spiro atoms. The molecule has 2 atom stereocenters. The fourth-order valence-electron chi connectivity index (χ4n) is 3.27. The fraction of sp³-hybridized carbons (Fsp3) is 0.474. The first-order chi connectivity index (χ1) is 11.1. The summed E-state index contributed by atoms with van der Waals surface area (Å²) in [4.78, 5) is 2.36. The second-order valence-corrected chi connectivity index (χ2v) is 6.47. The molecule has 1 aliphatic heterocycles. The van der Waals surface area contributed by atoms with Gasteiger partial charge in [-0.05, 0) is 31.5 Å². The van der Waals surface area contributed by atoms with Crippen molar-refractivity contribution in [1.82, 2.24) is 9.47 Å². The highest BCUT2D eigenvalue weighted by atomic mass is 16.5. The molecule has 0 fully saturated rings. The van der Waals surface area contributed by atoms with Gasteiger partial charge in [0.15, 0.2) is 0 Å². The fourth-order valence-corrected chi connectivity index (χ4v) is 3.27. The Hall–Kier alpha value is -1.62. The van der Waals surface area contributed by atoms with E-state index in [1.807, 2.05) is 19.9 Å². The summed E-state index contributed by atoms with van der Waals surface area (Å²) >= 11 is 0. The first kappa shape index (κ1) is 16.2. The molecule has 23 heavy (non-hydrogen) atoms. The average molecular weight is 314 g/mol. The summed E-state index contributed by atoms with van der Waals surface area (Å²) in [7, 11) is 0. The zero-order valence-electron chi connectivity index (χ0n) is 13.9. The number of hydrogen-bond donors (Lipinski definition) is 1. The van der Waals surface area contributed by atoms with E-state index in [1.165, 1.54) is 11.3 Å². The van der Waals surface area contributed by atoms with E-state index in [1.54, 1.807) is 0 Å². The van der Waals surface area contributed by atoms with Gasteiger partial charge in [-0.3, -0.25) is 4.90 Å². The summed E-state index contributed by atoms with van der Waals surface area (Å²) in [6.45, 7) is 6.89. The van der Waals surface area contributed by atoms with Crippen molar-refractivity contribution in [3.05, 3.63) is 59.9 Å². The Balaban J connectivity index is 1.79. The Morgan fingerprint density at radius 1 is 1.13 bits per heavy atom. The minimum Gasteiger partial charge on any atom is -0.389 e. The molecule has 1 N–H and O–H groups in total. The maximum atomic E-state index is 10.3. The Bertz CT molecular complexity index is 609. The van der Waals surface area contributed by atoms with Gasteiger partial charge in [0.05, 0.1) is 24.9 Å². The van der Waals surface area contributed by atoms with Crippen molar-refractivity contribution in [1.29, 1.82) is 0 Å². The third kappa shape index (κ3) is 3.83. The zero-order valence-corrected chi connectivity index (χ0v) is 13.9. The van der Waals surface area contributed by atoms with Crippen LogP contribution >= 0.6 is 0 Å². The van der Waals surface area contributed by atoms with E-state index in [0.717, 1.165) is 13.1 Å². The monoisotopic (exact) mass is 314 g/mol. The van der Waals surface area contributed by atoms with Crippen LogP contribution in [0.25, 0.3) is 0 Å². The van der Waals surface area contributed by atoms with Crippen LogP contribution < -0.4 is 0 Å². The van der Waals surface area contributed by atoms with Crippen LogP contribution in [0.15, 0.2) is 48.7 Å². The Labute approximate surface area is 138 Å². The number of nitrogens with zero attached hydrogens (tertiary/aromatic N) is 2. The zero-order chi connectivity index (χ0) is 16.2. The van der Waals surface area contributed by atoms with Crippen LogP contribution in [0.3, 0.4) is 0 Å². The molecule has 2 aromatic rings. The Morgan fingerprint density at radius 2 is 1.91 bits per heavy atom. The molecular weight excluding hydrogens is 288 g/mol. The highest BCUT2D eigenvalue weighted by Crippen LogP contribution is 2.32. The van der Waals surface area contributed by atoms with E-state index >= 15 is 0 Å². The van der Waals surface area contributed by atoms with Gasteiger partial charge in [0, 0.05) is 31.5 Å². The minimum absolute atomic E-state index is 0.146. The van der Waals surface area contributed by atoms with E-state index in [0.29, 0.717) is 13.2 Å². The number of β-amino-alcohol motifs (C(OH)–C–C–N with tert-alkyl or cyclic N) is 1. The number of rotatable bonds is 6. The number of aliphatic hydroxyl groups excluding tert-OH is 1. The largest absolute Gasteiger partial charge is 0.389 e. The van der Waals surface area contributed by atoms with Crippen molar-refractivity contribution in [2.24, 2.45) is 0 Å². The molecule has 1 aliphatic rings. The highest BCUT2D eigenvalue weighted by Gasteiger charge is 2.29. The lowest BCUT2D eigenvalue weighted by atomic mass is 9.99. The Morgan fingerprint density at radius 3 is 2.65 bits per heavy atom. The van der Waals surface area contributed by atoms with Crippen molar-refractivity contribution in [2.75, 3.05) is 19.7 Å². The predicted molar refractivity (Wildman–Crippen MR) is 91.4 cm³/mol. The van der Waals surface area contributed by atoms with Gasteiger partial charge in [-0.25, -0.2) is 0 Å². The summed E-state index contributed by atoms with van der Waals surface area (Å²) in [6.07, 6.45) is 1.82. The van der Waals surface area contributed by atoms with Crippen LogP contribution in [-0.2, 0) is 11.3 Å². The average Bonchev–Trinajstić information content (AvgIpc) is 3.02. The number of hydrogen-bond acceptors (Lipinski definition) is 3. The van der Waals surface area contributed by atoms with E-state index in [-0.39, 0.29) is 12.1 Å². The Kier molecular flexibility index (Phi) is 5.16. The third-order valence-electron chi connectivity index (χ3n) is 4.32. The minimum atomic E-state index is -0.467. The van der Waals surface area contributed by atoms with Gasteiger partial charge in [-0.2, -0.15) is 0 Å². The molecule has 3 rings (SSSR count). The predicted octanol–water partition coefficient (Wildman–Crippen LogP) is 2.68. The second kappa shape index (κ2) is 7.30. The van der Waals surface area contributed by atoms with E-state index < -0.39 is 6.10 Å². The summed E-state index contributed by atoms with van der Waals surface area (Å²) < 4.78 is 7.87. The van der Waals surface area contributed by atoms with Gasteiger partial charge in [-0.15, -0.1) is 0 Å². The molecule has 1 aromatic heterocycles.